The van der Waals surface area contributed by atoms with Crippen molar-refractivity contribution < 1.29 is 14.4 Å². The molecule has 1 aromatic heterocycles. The van der Waals surface area contributed by atoms with Crippen LogP contribution in [0.1, 0.15) is 49.0 Å². The third kappa shape index (κ3) is 6.20. The molecular formula is C28H31N4O4+. The molecule has 0 spiro atoms. The van der Waals surface area contributed by atoms with Gasteiger partial charge in [0.05, 0.1) is 9.85 Å². The monoisotopic (exact) mass is 487 g/mol. The van der Waals surface area contributed by atoms with Crippen LogP contribution in [0.2, 0.25) is 0 Å². The predicted molar refractivity (Wildman–Crippen MR) is 138 cm³/mol. The fraction of sp³-hybridized carbons (Fsp3) is 0.321. The Morgan fingerprint density at radius 2 is 1.42 bits per heavy atom. The number of aromatic nitrogens is 1. The molecule has 186 valence electrons. The molecule has 0 aliphatic carbocycles. The quantitative estimate of drug-likeness (QED) is 0.171. The van der Waals surface area contributed by atoms with Gasteiger partial charge in [0.15, 0.2) is 12.4 Å². The molecule has 4 rings (SSSR count). The highest BCUT2D eigenvalue weighted by molar-refractivity contribution is 5.35. The molecule has 8 heteroatoms. The van der Waals surface area contributed by atoms with Crippen LogP contribution in [-0.4, -0.2) is 27.8 Å². The van der Waals surface area contributed by atoms with Crippen LogP contribution in [0, 0.1) is 20.2 Å². The first-order valence-electron chi connectivity index (χ1n) is 12.2. The molecule has 0 amide bonds. The van der Waals surface area contributed by atoms with Crippen molar-refractivity contribution in [1.29, 1.82) is 0 Å². The Labute approximate surface area is 210 Å². The van der Waals surface area contributed by atoms with Gasteiger partial charge in [0.1, 0.15) is 0 Å². The van der Waals surface area contributed by atoms with E-state index in [1.54, 1.807) is 24.3 Å². The summed E-state index contributed by atoms with van der Waals surface area (Å²) in [5.41, 5.74) is 5.03. The largest absolute Gasteiger partial charge is 0.269 e. The van der Waals surface area contributed by atoms with Crippen molar-refractivity contribution in [2.75, 3.05) is 13.1 Å². The van der Waals surface area contributed by atoms with Crippen LogP contribution in [0.3, 0.4) is 0 Å². The molecule has 1 aliphatic heterocycles. The van der Waals surface area contributed by atoms with E-state index in [0.717, 1.165) is 43.5 Å². The van der Waals surface area contributed by atoms with Crippen LogP contribution in [0.4, 0.5) is 11.4 Å². The molecule has 0 N–H and O–H groups in total. The van der Waals surface area contributed by atoms with Crippen molar-refractivity contribution in [1.82, 2.24) is 4.90 Å². The average Bonchev–Trinajstić information content (AvgIpc) is 2.89. The van der Waals surface area contributed by atoms with Crippen LogP contribution in [-0.2, 0) is 12.8 Å². The van der Waals surface area contributed by atoms with E-state index >= 15 is 0 Å². The topological polar surface area (TPSA) is 93.4 Å². The zero-order valence-corrected chi connectivity index (χ0v) is 20.6. The van der Waals surface area contributed by atoms with Crippen molar-refractivity contribution >= 4 is 11.4 Å². The van der Waals surface area contributed by atoms with Gasteiger partial charge in [0.25, 0.3) is 11.4 Å². The molecule has 3 aromatic rings. The Morgan fingerprint density at radius 1 is 0.861 bits per heavy atom. The van der Waals surface area contributed by atoms with E-state index in [0.29, 0.717) is 5.92 Å². The molecular weight excluding hydrogens is 456 g/mol. The fourth-order valence-corrected chi connectivity index (χ4v) is 4.67. The molecule has 2 heterocycles. The van der Waals surface area contributed by atoms with Crippen LogP contribution >= 0.6 is 0 Å². The van der Waals surface area contributed by atoms with Gasteiger partial charge in [0, 0.05) is 56.4 Å². The Morgan fingerprint density at radius 3 is 1.92 bits per heavy atom. The number of benzene rings is 2. The van der Waals surface area contributed by atoms with E-state index in [9.17, 15) is 20.2 Å². The number of nitro benzene ring substituents is 2. The molecule has 1 aliphatic rings. The van der Waals surface area contributed by atoms with Crippen molar-refractivity contribution in [2.45, 2.75) is 45.2 Å². The van der Waals surface area contributed by atoms with Crippen molar-refractivity contribution in [2.24, 2.45) is 0 Å². The van der Waals surface area contributed by atoms with E-state index in [4.69, 9.17) is 0 Å². The predicted octanol–water partition coefficient (Wildman–Crippen LogP) is 5.53. The zero-order valence-electron chi connectivity index (χ0n) is 20.6. The molecule has 0 radical (unpaired) electrons. The lowest BCUT2D eigenvalue weighted by Gasteiger charge is -2.28. The molecule has 2 atom stereocenters. The summed E-state index contributed by atoms with van der Waals surface area (Å²) in [5, 5.41) is 21.7. The first kappa shape index (κ1) is 25.2. The summed E-state index contributed by atoms with van der Waals surface area (Å²) < 4.78 is 2.22. The number of nitrogens with zero attached hydrogens (tertiary/aromatic N) is 4. The van der Waals surface area contributed by atoms with Crippen LogP contribution in [0.15, 0.2) is 84.7 Å². The Hall–Kier alpha value is -3.91. The van der Waals surface area contributed by atoms with Gasteiger partial charge in [-0.2, -0.15) is 4.57 Å². The van der Waals surface area contributed by atoms with E-state index in [2.05, 4.69) is 53.9 Å². The summed E-state index contributed by atoms with van der Waals surface area (Å²) >= 11 is 0. The molecule has 36 heavy (non-hydrogen) atoms. The summed E-state index contributed by atoms with van der Waals surface area (Å²) in [5.74, 6) is 0.302. The van der Waals surface area contributed by atoms with Crippen LogP contribution in [0.25, 0.3) is 0 Å². The smallest absolute Gasteiger partial charge is 0.258 e. The lowest BCUT2D eigenvalue weighted by Crippen LogP contribution is -2.49. The maximum Gasteiger partial charge on any atom is 0.269 e. The number of non-ortho nitro benzene ring substituents is 2. The standard InChI is InChI=1S/C28H31N4O4/c1-21(19-23-3-7-27(8-4-23)31(33)34)26-13-17-30(18-14-26)22(2)29-15-11-25(12-16-29)20-24-5-9-28(10-6-24)32(35)36/h3-11,13-14,17-18,21-22H,12,15-16,19-20H2,1-2H3/q+1. The van der Waals surface area contributed by atoms with Crippen LogP contribution in [0.5, 0.6) is 0 Å². The van der Waals surface area contributed by atoms with E-state index in [-0.39, 0.29) is 27.4 Å². The third-order valence-corrected chi connectivity index (χ3v) is 7.01. The highest BCUT2D eigenvalue weighted by atomic mass is 16.6. The fourth-order valence-electron chi connectivity index (χ4n) is 4.67. The second-order valence-corrected chi connectivity index (χ2v) is 9.45. The van der Waals surface area contributed by atoms with E-state index in [1.807, 2.05) is 24.3 Å². The normalized spacial score (nSPS) is 15.7. The number of nitro groups is 2. The first-order chi connectivity index (χ1) is 17.3. The molecule has 0 bridgehead atoms. The van der Waals surface area contributed by atoms with Gasteiger partial charge in [-0.1, -0.05) is 42.8 Å². The average molecular weight is 488 g/mol. The lowest BCUT2D eigenvalue weighted by atomic mass is 9.94. The Kier molecular flexibility index (Phi) is 7.85. The highest BCUT2D eigenvalue weighted by Gasteiger charge is 2.24. The second-order valence-electron chi connectivity index (χ2n) is 9.45. The SMILES string of the molecule is CC(Cc1ccc([N+](=O)[O-])cc1)c1cc[n+](C(C)N2CC=C(Cc3ccc([N+](=O)[O-])cc3)CC2)cc1. The number of hydrogen-bond donors (Lipinski definition) is 0. The van der Waals surface area contributed by atoms with Crippen molar-refractivity contribution in [3.05, 3.63) is 122 Å². The van der Waals surface area contributed by atoms with Gasteiger partial charge in [-0.05, 0) is 41.9 Å². The van der Waals surface area contributed by atoms with Crippen LogP contribution < -0.4 is 4.57 Å². The number of pyridine rings is 1. The second kappa shape index (κ2) is 11.2. The minimum absolute atomic E-state index is 0.118. The number of hydrogen-bond acceptors (Lipinski definition) is 5. The van der Waals surface area contributed by atoms with Gasteiger partial charge in [-0.3, -0.25) is 20.2 Å². The lowest BCUT2D eigenvalue weighted by molar-refractivity contribution is -0.740. The molecule has 0 fully saturated rings. The molecule has 0 saturated heterocycles. The van der Waals surface area contributed by atoms with Crippen molar-refractivity contribution in [3.63, 3.8) is 0 Å². The minimum Gasteiger partial charge on any atom is -0.258 e. The minimum atomic E-state index is -0.373. The Bertz CT molecular complexity index is 1240. The van der Waals surface area contributed by atoms with E-state index < -0.39 is 0 Å². The maximum absolute atomic E-state index is 10.9. The van der Waals surface area contributed by atoms with E-state index in [1.165, 1.54) is 11.1 Å². The summed E-state index contributed by atoms with van der Waals surface area (Å²) in [6, 6.07) is 17.9. The first-order valence-corrected chi connectivity index (χ1v) is 12.2. The van der Waals surface area contributed by atoms with Gasteiger partial charge >= 0.3 is 0 Å². The zero-order chi connectivity index (χ0) is 25.7. The summed E-state index contributed by atoms with van der Waals surface area (Å²) in [7, 11) is 0. The Balaban J connectivity index is 1.31. The van der Waals surface area contributed by atoms with Crippen molar-refractivity contribution in [3.8, 4) is 0 Å². The molecule has 8 nitrogen and oxygen atoms in total. The maximum atomic E-state index is 10.9. The molecule has 0 saturated carbocycles. The van der Waals surface area contributed by atoms with Gasteiger partial charge in [-0.15, -0.1) is 0 Å². The van der Waals surface area contributed by atoms with Gasteiger partial charge < -0.3 is 0 Å². The highest BCUT2D eigenvalue weighted by Crippen LogP contribution is 2.23. The summed E-state index contributed by atoms with van der Waals surface area (Å²) in [6.45, 7) is 6.21. The molecule has 2 aromatic carbocycles. The summed E-state index contributed by atoms with van der Waals surface area (Å²) in [4.78, 5) is 23.4. The van der Waals surface area contributed by atoms with Gasteiger partial charge in [-0.25, -0.2) is 4.90 Å². The molecule has 2 unspecified atom stereocenters. The van der Waals surface area contributed by atoms with Gasteiger partial charge in [0.2, 0.25) is 6.17 Å². The summed E-state index contributed by atoms with van der Waals surface area (Å²) in [6.07, 6.45) is 9.39. The third-order valence-electron chi connectivity index (χ3n) is 7.01. The number of rotatable bonds is 9.